The maximum atomic E-state index is 14.0. The molecular weight excluding hydrogens is 320 g/mol. The fourth-order valence-electron chi connectivity index (χ4n) is 1.70. The van der Waals surface area contributed by atoms with Gasteiger partial charge in [-0.1, -0.05) is 28.1 Å². The van der Waals surface area contributed by atoms with Crippen molar-refractivity contribution in [1.29, 1.82) is 0 Å². The van der Waals surface area contributed by atoms with E-state index < -0.39 is 23.3 Å². The first-order valence-corrected chi connectivity index (χ1v) is 5.98. The highest BCUT2D eigenvalue weighted by Gasteiger charge is 2.18. The van der Waals surface area contributed by atoms with Crippen molar-refractivity contribution in [3.8, 4) is 11.1 Å². The fourth-order valence-corrected chi connectivity index (χ4v) is 2.03. The summed E-state index contributed by atoms with van der Waals surface area (Å²) in [5, 5.41) is 8.82. The Morgan fingerprint density at radius 3 is 2.37 bits per heavy atom. The first-order valence-electron chi connectivity index (χ1n) is 5.18. The van der Waals surface area contributed by atoms with Crippen LogP contribution in [0.15, 0.2) is 34.8 Å². The van der Waals surface area contributed by atoms with E-state index in [9.17, 15) is 13.6 Å². The second kappa shape index (κ2) is 4.97. The number of hydrogen-bond donors (Lipinski definition) is 2. The van der Waals surface area contributed by atoms with E-state index in [1.807, 2.05) is 0 Å². The molecule has 6 heteroatoms. The van der Waals surface area contributed by atoms with Crippen LogP contribution in [0.25, 0.3) is 11.1 Å². The Hall–Kier alpha value is -1.95. The summed E-state index contributed by atoms with van der Waals surface area (Å²) in [5.41, 5.74) is 4.50. The average Bonchev–Trinajstić information content (AvgIpc) is 2.33. The molecule has 19 heavy (non-hydrogen) atoms. The maximum Gasteiger partial charge on any atom is 0.337 e. The van der Waals surface area contributed by atoms with Gasteiger partial charge in [-0.2, -0.15) is 0 Å². The smallest absolute Gasteiger partial charge is 0.337 e. The molecule has 98 valence electrons. The minimum absolute atomic E-state index is 0.0179. The summed E-state index contributed by atoms with van der Waals surface area (Å²) < 4.78 is 28.3. The van der Waals surface area contributed by atoms with E-state index in [-0.39, 0.29) is 16.7 Å². The van der Waals surface area contributed by atoms with E-state index in [1.165, 1.54) is 18.2 Å². The zero-order valence-corrected chi connectivity index (χ0v) is 11.0. The Balaban J connectivity index is 2.64. The Kier molecular flexibility index (Phi) is 3.53. The number of nitrogens with two attached hydrogens (primary N) is 1. The van der Waals surface area contributed by atoms with Crippen molar-refractivity contribution >= 4 is 27.6 Å². The Labute approximate surface area is 115 Å². The highest BCUT2D eigenvalue weighted by atomic mass is 79.9. The molecule has 3 nitrogen and oxygen atoms in total. The van der Waals surface area contributed by atoms with E-state index in [4.69, 9.17) is 10.8 Å². The van der Waals surface area contributed by atoms with Crippen molar-refractivity contribution in [1.82, 2.24) is 0 Å². The van der Waals surface area contributed by atoms with Crippen LogP contribution >= 0.6 is 15.9 Å². The third-order valence-electron chi connectivity index (χ3n) is 2.63. The molecule has 0 radical (unpaired) electrons. The molecule has 3 N–H and O–H groups in total. The number of rotatable bonds is 2. The van der Waals surface area contributed by atoms with Crippen LogP contribution in [0.3, 0.4) is 0 Å². The van der Waals surface area contributed by atoms with Crippen molar-refractivity contribution in [3.63, 3.8) is 0 Å². The molecule has 0 aromatic heterocycles. The van der Waals surface area contributed by atoms with Gasteiger partial charge < -0.3 is 10.8 Å². The van der Waals surface area contributed by atoms with Gasteiger partial charge in [0.05, 0.1) is 11.3 Å². The van der Waals surface area contributed by atoms with Crippen LogP contribution in [-0.4, -0.2) is 11.1 Å². The summed E-state index contributed by atoms with van der Waals surface area (Å²) in [6, 6.07) is 6.48. The van der Waals surface area contributed by atoms with Gasteiger partial charge in [0, 0.05) is 15.6 Å². The lowest BCUT2D eigenvalue weighted by Gasteiger charge is -2.09. The van der Waals surface area contributed by atoms with Gasteiger partial charge >= 0.3 is 5.97 Å². The summed E-state index contributed by atoms with van der Waals surface area (Å²) >= 11 is 3.10. The monoisotopic (exact) mass is 327 g/mol. The van der Waals surface area contributed by atoms with E-state index in [0.717, 1.165) is 6.07 Å². The molecule has 0 amide bonds. The number of hydrogen-bond acceptors (Lipinski definition) is 2. The molecule has 2 aromatic carbocycles. The Morgan fingerprint density at radius 1 is 1.16 bits per heavy atom. The van der Waals surface area contributed by atoms with Crippen LogP contribution < -0.4 is 5.73 Å². The molecule has 0 saturated heterocycles. The van der Waals surface area contributed by atoms with Crippen LogP contribution in [0.1, 0.15) is 10.4 Å². The van der Waals surface area contributed by atoms with Gasteiger partial charge in [0.1, 0.15) is 5.82 Å². The van der Waals surface area contributed by atoms with Crippen LogP contribution in [0.2, 0.25) is 0 Å². The molecule has 2 rings (SSSR count). The van der Waals surface area contributed by atoms with Gasteiger partial charge in [-0.3, -0.25) is 0 Å². The number of anilines is 1. The number of nitrogen functional groups attached to an aromatic ring is 1. The number of carbonyl (C=O) groups is 1. The summed E-state index contributed by atoms with van der Waals surface area (Å²) in [4.78, 5) is 10.8. The van der Waals surface area contributed by atoms with Crippen LogP contribution in [0.5, 0.6) is 0 Å². The fraction of sp³-hybridized carbons (Fsp3) is 0. The van der Waals surface area contributed by atoms with Gasteiger partial charge in [0.2, 0.25) is 0 Å². The number of carboxylic acid groups (broad SMARTS) is 1. The average molecular weight is 328 g/mol. The number of benzene rings is 2. The van der Waals surface area contributed by atoms with Crippen LogP contribution in [-0.2, 0) is 0 Å². The van der Waals surface area contributed by atoms with Crippen molar-refractivity contribution in [3.05, 3.63) is 52.0 Å². The van der Waals surface area contributed by atoms with Gasteiger partial charge in [-0.25, -0.2) is 13.6 Å². The van der Waals surface area contributed by atoms with Gasteiger partial charge in [0.25, 0.3) is 0 Å². The standard InChI is InChI=1S/C13H8BrF2NO2/c14-6-1-2-7(10(15)5-6)8-3-4-9(13(18)19)12(17)11(8)16/h1-5H,17H2,(H,18,19). The number of carboxylic acids is 1. The first-order chi connectivity index (χ1) is 8.91. The second-order valence-electron chi connectivity index (χ2n) is 3.82. The van der Waals surface area contributed by atoms with Gasteiger partial charge in [-0.05, 0) is 18.2 Å². The predicted molar refractivity (Wildman–Crippen MR) is 70.9 cm³/mol. The molecule has 0 aliphatic heterocycles. The SMILES string of the molecule is Nc1c(C(=O)O)ccc(-c2ccc(Br)cc2F)c1F. The molecule has 2 aromatic rings. The lowest BCUT2D eigenvalue weighted by molar-refractivity contribution is 0.0697. The third-order valence-corrected chi connectivity index (χ3v) is 3.12. The van der Waals surface area contributed by atoms with Crippen molar-refractivity contribution in [2.45, 2.75) is 0 Å². The van der Waals surface area contributed by atoms with E-state index >= 15 is 0 Å². The third kappa shape index (κ3) is 2.44. The first kappa shape index (κ1) is 13.5. The minimum Gasteiger partial charge on any atom is -0.478 e. The zero-order valence-electron chi connectivity index (χ0n) is 9.45. The number of aromatic carboxylic acids is 1. The molecule has 0 fully saturated rings. The molecule has 0 spiro atoms. The molecule has 0 saturated carbocycles. The topological polar surface area (TPSA) is 63.3 Å². The molecule has 0 atom stereocenters. The van der Waals surface area contributed by atoms with Crippen molar-refractivity contribution in [2.75, 3.05) is 5.73 Å². The van der Waals surface area contributed by atoms with Gasteiger partial charge in [-0.15, -0.1) is 0 Å². The largest absolute Gasteiger partial charge is 0.478 e. The normalized spacial score (nSPS) is 10.5. The molecule has 0 bridgehead atoms. The van der Waals surface area contributed by atoms with Crippen molar-refractivity contribution in [2.24, 2.45) is 0 Å². The van der Waals surface area contributed by atoms with Crippen LogP contribution in [0.4, 0.5) is 14.5 Å². The maximum absolute atomic E-state index is 14.0. The lowest BCUT2D eigenvalue weighted by Crippen LogP contribution is -2.05. The van der Waals surface area contributed by atoms with Crippen molar-refractivity contribution < 1.29 is 18.7 Å². The minimum atomic E-state index is -1.33. The van der Waals surface area contributed by atoms with E-state index in [2.05, 4.69) is 15.9 Å². The quantitative estimate of drug-likeness (QED) is 0.827. The molecule has 0 unspecified atom stereocenters. The Bertz CT molecular complexity index is 674. The molecular formula is C13H8BrF2NO2. The summed E-state index contributed by atoms with van der Waals surface area (Å²) in [7, 11) is 0. The van der Waals surface area contributed by atoms with E-state index in [1.54, 1.807) is 6.07 Å². The molecule has 0 aliphatic carbocycles. The number of halogens is 3. The highest BCUT2D eigenvalue weighted by molar-refractivity contribution is 9.10. The summed E-state index contributed by atoms with van der Waals surface area (Å²) in [6.07, 6.45) is 0. The van der Waals surface area contributed by atoms with Gasteiger partial charge in [0.15, 0.2) is 5.82 Å². The lowest BCUT2D eigenvalue weighted by atomic mass is 10.0. The Morgan fingerprint density at radius 2 is 1.79 bits per heavy atom. The summed E-state index contributed by atoms with van der Waals surface area (Å²) in [6.45, 7) is 0. The molecule has 0 aliphatic rings. The molecule has 0 heterocycles. The van der Waals surface area contributed by atoms with E-state index in [0.29, 0.717) is 4.47 Å². The second-order valence-corrected chi connectivity index (χ2v) is 4.73. The summed E-state index contributed by atoms with van der Waals surface area (Å²) in [5.74, 6) is -2.91. The van der Waals surface area contributed by atoms with Crippen LogP contribution in [0, 0.1) is 11.6 Å². The predicted octanol–water partition coefficient (Wildman–Crippen LogP) is 3.67. The zero-order chi connectivity index (χ0) is 14.2. The highest BCUT2D eigenvalue weighted by Crippen LogP contribution is 2.31.